The molecule has 0 fully saturated rings. The minimum atomic E-state index is -4.39. The van der Waals surface area contributed by atoms with Crippen molar-refractivity contribution in [3.8, 4) is 0 Å². The van der Waals surface area contributed by atoms with Crippen LogP contribution in [-0.4, -0.2) is 49.3 Å². The SMILES string of the molecule is CC/C=C\C/C=C\C/C=C\C/C=C\C/C=C\C/C=C\C/C=C\C/C=C\C/C=C\CCCCCCCCCCCCCC(=O)OC(COC(=O)CCCCCCCCCCCCCCCCCCC)COP(=O)(O)OCCN. The Labute approximate surface area is 473 Å². The Morgan fingerprint density at radius 2 is 0.714 bits per heavy atom. The van der Waals surface area contributed by atoms with Crippen molar-refractivity contribution in [3.05, 3.63) is 109 Å². The van der Waals surface area contributed by atoms with Crippen LogP contribution in [0.5, 0.6) is 0 Å². The van der Waals surface area contributed by atoms with E-state index in [1.54, 1.807) is 0 Å². The molecule has 0 heterocycles. The molecule has 0 aliphatic carbocycles. The van der Waals surface area contributed by atoms with Gasteiger partial charge < -0.3 is 20.1 Å². The topological polar surface area (TPSA) is 134 Å². The van der Waals surface area contributed by atoms with Crippen molar-refractivity contribution in [2.45, 2.75) is 277 Å². The first-order valence-electron chi connectivity index (χ1n) is 31.4. The number of phosphoric ester groups is 1. The van der Waals surface area contributed by atoms with Gasteiger partial charge >= 0.3 is 19.8 Å². The molecule has 77 heavy (non-hydrogen) atoms. The Balaban J connectivity index is 3.93. The zero-order valence-electron chi connectivity index (χ0n) is 49.4. The van der Waals surface area contributed by atoms with Crippen molar-refractivity contribution in [3.63, 3.8) is 0 Å². The predicted octanol–water partition coefficient (Wildman–Crippen LogP) is 20.2. The molecule has 0 bridgehead atoms. The molecule has 0 radical (unpaired) electrons. The average molecular weight is 1090 g/mol. The monoisotopic (exact) mass is 1090 g/mol. The van der Waals surface area contributed by atoms with Crippen LogP contribution < -0.4 is 5.73 Å². The highest BCUT2D eigenvalue weighted by Gasteiger charge is 2.26. The fraction of sp³-hybridized carbons (Fsp3) is 0.701. The summed E-state index contributed by atoms with van der Waals surface area (Å²) >= 11 is 0. The normalized spacial score (nSPS) is 13.8. The third kappa shape index (κ3) is 61.7. The van der Waals surface area contributed by atoms with Crippen molar-refractivity contribution in [2.24, 2.45) is 5.73 Å². The second kappa shape index (κ2) is 61.9. The molecule has 0 aromatic rings. The summed E-state index contributed by atoms with van der Waals surface area (Å²) in [5.41, 5.74) is 5.38. The van der Waals surface area contributed by atoms with Gasteiger partial charge in [0.15, 0.2) is 6.10 Å². The molecule has 0 aromatic carbocycles. The lowest BCUT2D eigenvalue weighted by molar-refractivity contribution is -0.161. The van der Waals surface area contributed by atoms with Gasteiger partial charge in [-0.25, -0.2) is 4.57 Å². The van der Waals surface area contributed by atoms with E-state index in [0.29, 0.717) is 6.42 Å². The maximum absolute atomic E-state index is 12.7. The van der Waals surface area contributed by atoms with Gasteiger partial charge in [-0.1, -0.05) is 284 Å². The zero-order valence-corrected chi connectivity index (χ0v) is 50.3. The smallest absolute Gasteiger partial charge is 0.462 e. The van der Waals surface area contributed by atoms with Crippen LogP contribution in [0.25, 0.3) is 0 Å². The maximum atomic E-state index is 12.7. The fourth-order valence-corrected chi connectivity index (χ4v) is 9.34. The van der Waals surface area contributed by atoms with Crippen LogP contribution in [0.4, 0.5) is 0 Å². The third-order valence-electron chi connectivity index (χ3n) is 13.2. The molecule has 10 heteroatoms. The van der Waals surface area contributed by atoms with Gasteiger partial charge in [0, 0.05) is 19.4 Å². The fourth-order valence-electron chi connectivity index (χ4n) is 8.57. The number of hydrogen-bond donors (Lipinski definition) is 2. The highest BCUT2D eigenvalue weighted by atomic mass is 31.2. The van der Waals surface area contributed by atoms with Crippen LogP contribution in [0.1, 0.15) is 271 Å². The molecule has 9 nitrogen and oxygen atoms in total. The number of carbonyl (C=O) groups excluding carboxylic acids is 2. The van der Waals surface area contributed by atoms with Crippen LogP contribution in [0.15, 0.2) is 109 Å². The summed E-state index contributed by atoms with van der Waals surface area (Å²) in [6.07, 6.45) is 84.4. The Morgan fingerprint density at radius 3 is 1.06 bits per heavy atom. The molecule has 0 saturated carbocycles. The summed E-state index contributed by atoms with van der Waals surface area (Å²) < 4.78 is 33.1. The van der Waals surface area contributed by atoms with Crippen molar-refractivity contribution in [2.75, 3.05) is 26.4 Å². The first-order valence-corrected chi connectivity index (χ1v) is 32.9. The van der Waals surface area contributed by atoms with E-state index >= 15 is 0 Å². The molecule has 2 unspecified atom stereocenters. The summed E-state index contributed by atoms with van der Waals surface area (Å²) in [6.45, 7) is 3.65. The lowest BCUT2D eigenvalue weighted by Crippen LogP contribution is -2.29. The van der Waals surface area contributed by atoms with Gasteiger partial charge in [0.2, 0.25) is 0 Å². The van der Waals surface area contributed by atoms with Crippen molar-refractivity contribution in [1.82, 2.24) is 0 Å². The van der Waals surface area contributed by atoms with Crippen LogP contribution in [0.3, 0.4) is 0 Å². The molecular weight excluding hydrogens is 978 g/mol. The van der Waals surface area contributed by atoms with Crippen molar-refractivity contribution >= 4 is 19.8 Å². The minimum Gasteiger partial charge on any atom is -0.462 e. The number of phosphoric acid groups is 1. The maximum Gasteiger partial charge on any atom is 0.472 e. The van der Waals surface area contributed by atoms with Gasteiger partial charge in [0.25, 0.3) is 0 Å². The van der Waals surface area contributed by atoms with Gasteiger partial charge in [-0.05, 0) is 83.5 Å². The highest BCUT2D eigenvalue weighted by molar-refractivity contribution is 7.47. The first-order chi connectivity index (χ1) is 37.8. The minimum absolute atomic E-state index is 0.0503. The van der Waals surface area contributed by atoms with Crippen LogP contribution in [-0.2, 0) is 32.7 Å². The van der Waals surface area contributed by atoms with E-state index in [-0.39, 0.29) is 38.6 Å². The van der Waals surface area contributed by atoms with E-state index in [0.717, 1.165) is 103 Å². The van der Waals surface area contributed by atoms with E-state index in [2.05, 4.69) is 123 Å². The molecule has 0 amide bonds. The number of rotatable bonds is 58. The summed E-state index contributed by atoms with van der Waals surface area (Å²) in [6, 6.07) is 0. The number of hydrogen-bond acceptors (Lipinski definition) is 8. The summed E-state index contributed by atoms with van der Waals surface area (Å²) in [4.78, 5) is 35.2. The van der Waals surface area contributed by atoms with Crippen LogP contribution in [0.2, 0.25) is 0 Å². The third-order valence-corrected chi connectivity index (χ3v) is 14.2. The predicted molar refractivity (Wildman–Crippen MR) is 330 cm³/mol. The number of esters is 2. The van der Waals surface area contributed by atoms with Gasteiger partial charge in [0.05, 0.1) is 13.2 Å². The summed E-state index contributed by atoms with van der Waals surface area (Å²) in [5.74, 6) is -0.826. The molecule has 0 rings (SSSR count). The largest absolute Gasteiger partial charge is 0.472 e. The lowest BCUT2D eigenvalue weighted by atomic mass is 10.0. The molecular formula is C67H116NO8P. The number of carbonyl (C=O) groups is 2. The molecule has 2 atom stereocenters. The summed E-state index contributed by atoms with van der Waals surface area (Å²) in [7, 11) is -4.39. The molecule has 0 aromatic heterocycles. The van der Waals surface area contributed by atoms with E-state index in [4.69, 9.17) is 24.3 Å². The average Bonchev–Trinajstić information content (AvgIpc) is 3.42. The number of ether oxygens (including phenoxy) is 2. The molecule has 442 valence electrons. The quantitative estimate of drug-likeness (QED) is 0.0264. The molecule has 0 aliphatic heterocycles. The van der Waals surface area contributed by atoms with E-state index in [1.807, 2.05) is 0 Å². The molecule has 0 saturated heterocycles. The Hall–Kier alpha value is -3.33. The zero-order chi connectivity index (χ0) is 55.9. The lowest BCUT2D eigenvalue weighted by Gasteiger charge is -2.19. The molecule has 0 aliphatic rings. The van der Waals surface area contributed by atoms with E-state index in [9.17, 15) is 19.0 Å². The highest BCUT2D eigenvalue weighted by Crippen LogP contribution is 2.43. The first kappa shape index (κ1) is 73.7. The van der Waals surface area contributed by atoms with Crippen molar-refractivity contribution < 1.29 is 37.6 Å². The number of unbranched alkanes of at least 4 members (excludes halogenated alkanes) is 27. The number of allylic oxidation sites excluding steroid dienone is 18. The number of nitrogens with two attached hydrogens (primary N) is 1. The van der Waals surface area contributed by atoms with Gasteiger partial charge in [-0.2, -0.15) is 0 Å². The van der Waals surface area contributed by atoms with E-state index < -0.39 is 26.5 Å². The second-order valence-electron chi connectivity index (χ2n) is 20.6. The molecule has 0 spiro atoms. The Bertz CT molecular complexity index is 1630. The summed E-state index contributed by atoms with van der Waals surface area (Å²) in [5, 5.41) is 0. The van der Waals surface area contributed by atoms with E-state index in [1.165, 1.54) is 135 Å². The van der Waals surface area contributed by atoms with Gasteiger partial charge in [0.1, 0.15) is 6.61 Å². The standard InChI is InChI=1S/C67H116NO8P/c1-3-5-7-9-11-13-15-17-19-21-22-23-24-25-26-27-28-29-30-31-32-33-34-35-36-37-38-39-40-41-42-44-46-48-50-52-54-56-58-60-67(70)76-65(64-75-77(71,72)74-62-61-68)63-73-66(69)59-57-55-53-51-49-47-45-43-20-18-16-14-12-10-8-6-4-2/h5,7,11,13,17,19,22-23,25-26,28-29,31-32,34-35,37-38,65H,3-4,6,8-10,12,14-16,18,20-21,24,27,30,33,36,39-64,68H2,1-2H3,(H,71,72)/b7-5-,13-11-,19-17-,23-22-,26-25-,29-28-,32-31-,35-34-,38-37-. The Kier molecular flexibility index (Phi) is 59.2. The molecule has 3 N–H and O–H groups in total. The van der Waals surface area contributed by atoms with Crippen molar-refractivity contribution in [1.29, 1.82) is 0 Å². The Morgan fingerprint density at radius 1 is 0.403 bits per heavy atom. The van der Waals surface area contributed by atoms with Crippen LogP contribution >= 0.6 is 7.82 Å². The van der Waals surface area contributed by atoms with Gasteiger partial charge in [-0.15, -0.1) is 0 Å². The van der Waals surface area contributed by atoms with Gasteiger partial charge in [-0.3, -0.25) is 18.6 Å². The van der Waals surface area contributed by atoms with Crippen LogP contribution in [0, 0.1) is 0 Å². The second-order valence-corrected chi connectivity index (χ2v) is 22.0.